The molecular weight excluding hydrogens is 412 g/mol. The molecule has 2 N–H and O–H groups in total. The summed E-state index contributed by atoms with van der Waals surface area (Å²) < 4.78 is 32.6. The van der Waals surface area contributed by atoms with E-state index in [0.717, 1.165) is 11.8 Å². The maximum Gasteiger partial charge on any atom is 0.237 e. The molecule has 1 aliphatic rings. The second kappa shape index (κ2) is 10.4. The Balaban J connectivity index is 1.48. The van der Waals surface area contributed by atoms with Crippen LogP contribution >= 0.6 is 11.8 Å². The van der Waals surface area contributed by atoms with Crippen LogP contribution in [-0.2, 0) is 14.3 Å². The fourth-order valence-electron chi connectivity index (χ4n) is 2.90. The molecular formula is C21H23F2N3O3S. The van der Waals surface area contributed by atoms with Crippen molar-refractivity contribution in [2.45, 2.75) is 12.2 Å². The number of carbonyl (C=O) groups is 2. The van der Waals surface area contributed by atoms with Gasteiger partial charge in [0, 0.05) is 24.5 Å². The van der Waals surface area contributed by atoms with E-state index in [1.165, 1.54) is 30.3 Å². The number of hydrogen-bond donors (Lipinski definition) is 2. The molecule has 1 atom stereocenters. The Hall–Kier alpha value is -2.65. The first kappa shape index (κ1) is 22.0. The van der Waals surface area contributed by atoms with Crippen molar-refractivity contribution in [2.75, 3.05) is 47.6 Å². The van der Waals surface area contributed by atoms with Gasteiger partial charge in [-0.25, -0.2) is 8.78 Å². The highest BCUT2D eigenvalue weighted by Gasteiger charge is 2.18. The summed E-state index contributed by atoms with van der Waals surface area (Å²) >= 11 is 1.15. The zero-order valence-electron chi connectivity index (χ0n) is 16.5. The lowest BCUT2D eigenvalue weighted by atomic mass is 10.2. The van der Waals surface area contributed by atoms with Gasteiger partial charge >= 0.3 is 0 Å². The molecule has 3 rings (SSSR count). The van der Waals surface area contributed by atoms with Gasteiger partial charge in [-0.2, -0.15) is 0 Å². The molecule has 1 heterocycles. The number of benzene rings is 2. The molecule has 30 heavy (non-hydrogen) atoms. The van der Waals surface area contributed by atoms with E-state index in [1.807, 2.05) is 4.90 Å². The van der Waals surface area contributed by atoms with Crippen LogP contribution in [0.1, 0.15) is 6.92 Å². The molecule has 0 spiro atoms. The lowest BCUT2D eigenvalue weighted by Crippen LogP contribution is -2.36. The van der Waals surface area contributed by atoms with Gasteiger partial charge in [-0.15, -0.1) is 11.8 Å². The number of halogens is 2. The molecule has 1 unspecified atom stereocenters. The van der Waals surface area contributed by atoms with Crippen LogP contribution in [0.4, 0.5) is 25.8 Å². The van der Waals surface area contributed by atoms with Crippen molar-refractivity contribution < 1.29 is 23.1 Å². The highest BCUT2D eigenvalue weighted by Crippen LogP contribution is 2.24. The maximum absolute atomic E-state index is 14.5. The number of ether oxygens (including phenoxy) is 1. The quantitative estimate of drug-likeness (QED) is 0.697. The first-order valence-electron chi connectivity index (χ1n) is 9.52. The molecule has 1 aliphatic heterocycles. The third-order valence-corrected chi connectivity index (χ3v) is 5.67. The zero-order valence-corrected chi connectivity index (χ0v) is 17.3. The van der Waals surface area contributed by atoms with E-state index >= 15 is 0 Å². The fraction of sp³-hybridized carbons (Fsp3) is 0.333. The lowest BCUT2D eigenvalue weighted by Gasteiger charge is -2.29. The van der Waals surface area contributed by atoms with Crippen molar-refractivity contribution in [1.29, 1.82) is 0 Å². The van der Waals surface area contributed by atoms with Crippen molar-refractivity contribution in [2.24, 2.45) is 0 Å². The molecule has 0 bridgehead atoms. The van der Waals surface area contributed by atoms with Gasteiger partial charge in [0.2, 0.25) is 11.8 Å². The maximum atomic E-state index is 14.5. The van der Waals surface area contributed by atoms with E-state index < -0.39 is 11.1 Å². The summed E-state index contributed by atoms with van der Waals surface area (Å²) in [5, 5.41) is 4.79. The van der Waals surface area contributed by atoms with Crippen molar-refractivity contribution in [3.05, 3.63) is 54.1 Å². The number of thioether (sulfide) groups is 1. The highest BCUT2D eigenvalue weighted by atomic mass is 32.2. The average Bonchev–Trinajstić information content (AvgIpc) is 2.74. The van der Waals surface area contributed by atoms with Crippen molar-refractivity contribution in [3.8, 4) is 0 Å². The minimum absolute atomic E-state index is 0.0519. The smallest absolute Gasteiger partial charge is 0.237 e. The fourth-order valence-corrected chi connectivity index (χ4v) is 3.58. The van der Waals surface area contributed by atoms with E-state index in [9.17, 15) is 18.4 Å². The largest absolute Gasteiger partial charge is 0.378 e. The Kier molecular flexibility index (Phi) is 7.64. The Labute approximate surface area is 178 Å². The average molecular weight is 435 g/mol. The number of nitrogens with zero attached hydrogens (tertiary/aromatic N) is 1. The zero-order chi connectivity index (χ0) is 21.5. The first-order valence-corrected chi connectivity index (χ1v) is 10.6. The monoisotopic (exact) mass is 435 g/mol. The molecule has 0 aliphatic carbocycles. The summed E-state index contributed by atoms with van der Waals surface area (Å²) in [5.74, 6) is -1.37. The van der Waals surface area contributed by atoms with Crippen LogP contribution in [0.15, 0.2) is 42.5 Å². The van der Waals surface area contributed by atoms with E-state index in [4.69, 9.17) is 4.74 Å². The van der Waals surface area contributed by atoms with Gasteiger partial charge in [0.1, 0.15) is 11.6 Å². The van der Waals surface area contributed by atoms with Gasteiger partial charge in [0.15, 0.2) is 0 Å². The molecule has 2 aromatic rings. The van der Waals surface area contributed by atoms with Crippen LogP contribution in [0.3, 0.4) is 0 Å². The normalized spacial score (nSPS) is 14.8. The topological polar surface area (TPSA) is 70.7 Å². The van der Waals surface area contributed by atoms with Gasteiger partial charge in [-0.3, -0.25) is 9.59 Å². The summed E-state index contributed by atoms with van der Waals surface area (Å²) in [4.78, 5) is 26.3. The number of amides is 2. The number of anilines is 3. The van der Waals surface area contributed by atoms with E-state index in [1.54, 1.807) is 19.1 Å². The summed E-state index contributed by atoms with van der Waals surface area (Å²) in [5.41, 5.74) is 1.32. The third kappa shape index (κ3) is 6.17. The number of carbonyl (C=O) groups excluding carboxylic acids is 2. The molecule has 0 saturated carbocycles. The predicted octanol–water partition coefficient (Wildman–Crippen LogP) is 3.50. The first-order chi connectivity index (χ1) is 14.4. The Morgan fingerprint density at radius 2 is 1.73 bits per heavy atom. The van der Waals surface area contributed by atoms with Crippen LogP contribution < -0.4 is 15.5 Å². The van der Waals surface area contributed by atoms with E-state index in [-0.39, 0.29) is 23.4 Å². The van der Waals surface area contributed by atoms with Crippen LogP contribution in [0.5, 0.6) is 0 Å². The standard InChI is InChI=1S/C21H23F2N3O3S/c1-14(30-13-20(27)24-16-4-2-15(22)3-5-16)21(28)25-17-6-7-19(18(23)12-17)26-8-10-29-11-9-26/h2-7,12,14H,8-11,13H2,1H3,(H,24,27)(H,25,28). The molecule has 0 radical (unpaired) electrons. The van der Waals surface area contributed by atoms with Gasteiger partial charge in [0.25, 0.3) is 0 Å². The number of hydrogen-bond acceptors (Lipinski definition) is 5. The second-order valence-electron chi connectivity index (χ2n) is 6.76. The van der Waals surface area contributed by atoms with Gasteiger partial charge < -0.3 is 20.3 Å². The van der Waals surface area contributed by atoms with Crippen LogP contribution in [0.25, 0.3) is 0 Å². The summed E-state index contributed by atoms with van der Waals surface area (Å²) in [6.07, 6.45) is 0. The number of rotatable bonds is 7. The van der Waals surface area contributed by atoms with Gasteiger partial charge in [-0.1, -0.05) is 0 Å². The van der Waals surface area contributed by atoms with E-state index in [2.05, 4.69) is 10.6 Å². The summed E-state index contributed by atoms with van der Waals surface area (Å²) in [6.45, 7) is 4.03. The Morgan fingerprint density at radius 3 is 2.40 bits per heavy atom. The summed E-state index contributed by atoms with van der Waals surface area (Å²) in [6, 6.07) is 10.0. The van der Waals surface area contributed by atoms with Crippen molar-refractivity contribution >= 4 is 40.6 Å². The third-order valence-electron chi connectivity index (χ3n) is 4.53. The number of nitrogens with one attached hydrogen (secondary N) is 2. The predicted molar refractivity (Wildman–Crippen MR) is 115 cm³/mol. The van der Waals surface area contributed by atoms with Crippen LogP contribution in [0.2, 0.25) is 0 Å². The molecule has 9 heteroatoms. The number of morpholine rings is 1. The molecule has 1 saturated heterocycles. The molecule has 6 nitrogen and oxygen atoms in total. The minimum Gasteiger partial charge on any atom is -0.378 e. The van der Waals surface area contributed by atoms with Gasteiger partial charge in [0.05, 0.1) is 29.9 Å². The van der Waals surface area contributed by atoms with Crippen LogP contribution in [-0.4, -0.2) is 49.1 Å². The van der Waals surface area contributed by atoms with Crippen molar-refractivity contribution in [3.63, 3.8) is 0 Å². The molecule has 160 valence electrons. The molecule has 0 aromatic heterocycles. The molecule has 2 amide bonds. The lowest BCUT2D eigenvalue weighted by molar-refractivity contribution is -0.115. The van der Waals surface area contributed by atoms with Crippen LogP contribution in [0, 0.1) is 11.6 Å². The molecule has 1 fully saturated rings. The van der Waals surface area contributed by atoms with Crippen molar-refractivity contribution in [1.82, 2.24) is 0 Å². The SMILES string of the molecule is CC(SCC(=O)Nc1ccc(F)cc1)C(=O)Nc1ccc(N2CCOCC2)c(F)c1. The van der Waals surface area contributed by atoms with E-state index in [0.29, 0.717) is 43.4 Å². The highest BCUT2D eigenvalue weighted by molar-refractivity contribution is 8.01. The Bertz CT molecular complexity index is 890. The molecule has 2 aromatic carbocycles. The Morgan fingerprint density at radius 1 is 1.07 bits per heavy atom. The van der Waals surface area contributed by atoms with Gasteiger partial charge in [-0.05, 0) is 49.4 Å². The summed E-state index contributed by atoms with van der Waals surface area (Å²) in [7, 11) is 0. The second-order valence-corrected chi connectivity index (χ2v) is 8.09. The minimum atomic E-state index is -0.522.